The molecule has 10 nitrogen and oxygen atoms in total. The van der Waals surface area contributed by atoms with Crippen LogP contribution in [0.25, 0.3) is 11.2 Å². The van der Waals surface area contributed by atoms with Gasteiger partial charge >= 0.3 is 0 Å². The summed E-state index contributed by atoms with van der Waals surface area (Å²) in [6.45, 7) is 2.05. The monoisotopic (exact) mass is 436 g/mol. The number of imidazole rings is 1. The molecule has 1 fully saturated rings. The van der Waals surface area contributed by atoms with Crippen LogP contribution in [0.1, 0.15) is 13.2 Å². The summed E-state index contributed by atoms with van der Waals surface area (Å²) < 4.78 is 7.53. The number of anilines is 2. The molecule has 0 unspecified atom stereocenters. The number of halogens is 1. The van der Waals surface area contributed by atoms with E-state index < -0.39 is 31.1 Å². The van der Waals surface area contributed by atoms with Gasteiger partial charge in [0.05, 0.1) is 6.61 Å². The molecule has 4 atom stereocenters. The Morgan fingerprint density at radius 1 is 1.30 bits per heavy atom. The molecule has 0 bridgehead atoms. The number of hydrogen-bond acceptors (Lipinski definition) is 9. The van der Waals surface area contributed by atoms with E-state index in [1.54, 1.807) is 0 Å². The molecule has 3 heterocycles. The number of nitrogens with zero attached hydrogens (tertiary/aromatic N) is 4. The normalized spacial score (nSPS) is 27.7. The van der Waals surface area contributed by atoms with Crippen molar-refractivity contribution < 1.29 is 20.1 Å². The zero-order valence-electron chi connectivity index (χ0n) is 12.2. The Balaban J connectivity index is 2.17. The number of aliphatic hydroxyl groups excluding tert-OH is 3. The maximum Gasteiger partial charge on any atom is 0.207 e. The standard InChI is InChI=1S/C12H17IN6O4/c1-2-15-12-16-5-8(14)17-11(13)18-9(5)19(12)10-7(22)6(21)4(3-20)23-10/h4,6-7,10,20-22H,2-3H2,1H3,(H,15,16)(H2,14,17,18)/t4-,6-,7-,10-/m1/s1. The average molecular weight is 436 g/mol. The number of aliphatic hydroxyl groups is 3. The molecule has 1 aliphatic rings. The van der Waals surface area contributed by atoms with Crippen LogP contribution >= 0.6 is 22.6 Å². The second-order valence-corrected chi connectivity index (χ2v) is 6.08. The van der Waals surface area contributed by atoms with Gasteiger partial charge in [-0.2, -0.15) is 0 Å². The molecule has 23 heavy (non-hydrogen) atoms. The first-order valence-corrected chi connectivity index (χ1v) is 8.13. The molecule has 6 N–H and O–H groups in total. The summed E-state index contributed by atoms with van der Waals surface area (Å²) in [5, 5.41) is 32.6. The summed E-state index contributed by atoms with van der Waals surface area (Å²) in [7, 11) is 0. The van der Waals surface area contributed by atoms with E-state index in [4.69, 9.17) is 10.5 Å². The van der Waals surface area contributed by atoms with Crippen molar-refractivity contribution in [3.05, 3.63) is 3.83 Å². The third-order valence-corrected chi connectivity index (χ3v) is 4.13. The number of nitrogen functional groups attached to an aromatic ring is 1. The molecular weight excluding hydrogens is 419 g/mol. The van der Waals surface area contributed by atoms with Crippen molar-refractivity contribution in [2.24, 2.45) is 0 Å². The van der Waals surface area contributed by atoms with Crippen LogP contribution in [0.3, 0.4) is 0 Å². The van der Waals surface area contributed by atoms with Gasteiger partial charge < -0.3 is 31.1 Å². The molecule has 0 radical (unpaired) electrons. The highest BCUT2D eigenvalue weighted by molar-refractivity contribution is 14.1. The van der Waals surface area contributed by atoms with Crippen LogP contribution in [0.5, 0.6) is 0 Å². The van der Waals surface area contributed by atoms with E-state index in [-0.39, 0.29) is 5.82 Å². The van der Waals surface area contributed by atoms with Gasteiger partial charge in [-0.25, -0.2) is 15.0 Å². The first-order chi connectivity index (χ1) is 11.0. The quantitative estimate of drug-likeness (QED) is 0.302. The summed E-state index contributed by atoms with van der Waals surface area (Å²) in [5.41, 5.74) is 6.65. The number of aromatic nitrogens is 4. The average Bonchev–Trinajstić information content (AvgIpc) is 2.99. The predicted octanol–water partition coefficient (Wildman–Crippen LogP) is -0.944. The Morgan fingerprint density at radius 2 is 2.04 bits per heavy atom. The predicted molar refractivity (Wildman–Crippen MR) is 89.6 cm³/mol. The molecule has 0 saturated carbocycles. The van der Waals surface area contributed by atoms with Crippen molar-refractivity contribution in [2.75, 3.05) is 24.2 Å². The second kappa shape index (κ2) is 6.32. The SMILES string of the molecule is CCNc1nc2c(N)nc(I)nc2n1[C@@H]1O[C@H](CO)[C@@H](O)[C@H]1O. The van der Waals surface area contributed by atoms with Crippen molar-refractivity contribution in [3.8, 4) is 0 Å². The lowest BCUT2D eigenvalue weighted by molar-refractivity contribution is -0.0501. The van der Waals surface area contributed by atoms with Crippen molar-refractivity contribution in [3.63, 3.8) is 0 Å². The molecule has 0 aliphatic carbocycles. The highest BCUT2D eigenvalue weighted by Crippen LogP contribution is 2.35. The van der Waals surface area contributed by atoms with Gasteiger partial charge in [-0.05, 0) is 6.92 Å². The molecular formula is C12H17IN6O4. The number of fused-ring (bicyclic) bond motifs is 1. The van der Waals surface area contributed by atoms with Gasteiger partial charge in [0.25, 0.3) is 0 Å². The molecule has 2 aromatic heterocycles. The molecule has 0 spiro atoms. The van der Waals surface area contributed by atoms with Crippen molar-refractivity contribution in [1.82, 2.24) is 19.5 Å². The lowest BCUT2D eigenvalue weighted by Gasteiger charge is -2.19. The fraction of sp³-hybridized carbons (Fsp3) is 0.583. The van der Waals surface area contributed by atoms with E-state index in [0.717, 1.165) is 0 Å². The highest BCUT2D eigenvalue weighted by Gasteiger charge is 2.45. The van der Waals surface area contributed by atoms with Crippen molar-refractivity contribution >= 4 is 45.5 Å². The fourth-order valence-corrected chi connectivity index (χ4v) is 3.07. The summed E-state index contributed by atoms with van der Waals surface area (Å²) >= 11 is 1.93. The van der Waals surface area contributed by atoms with Crippen LogP contribution in [0.15, 0.2) is 0 Å². The van der Waals surface area contributed by atoms with Crippen LogP contribution in [0.4, 0.5) is 11.8 Å². The Labute approximate surface area is 144 Å². The zero-order valence-corrected chi connectivity index (χ0v) is 14.4. The maximum atomic E-state index is 10.3. The summed E-state index contributed by atoms with van der Waals surface area (Å²) in [6.07, 6.45) is -4.29. The van der Waals surface area contributed by atoms with Gasteiger partial charge in [0.2, 0.25) is 5.95 Å². The fourth-order valence-electron chi connectivity index (χ4n) is 2.58. The van der Waals surface area contributed by atoms with E-state index in [1.807, 2.05) is 29.5 Å². The maximum absolute atomic E-state index is 10.3. The van der Waals surface area contributed by atoms with Crippen LogP contribution in [0, 0.1) is 3.83 Å². The van der Waals surface area contributed by atoms with E-state index in [0.29, 0.717) is 27.5 Å². The highest BCUT2D eigenvalue weighted by atomic mass is 127. The third-order valence-electron chi connectivity index (χ3n) is 3.65. The Hall–Kier alpha value is -1.28. The van der Waals surface area contributed by atoms with E-state index in [2.05, 4.69) is 20.3 Å². The van der Waals surface area contributed by atoms with E-state index in [1.165, 1.54) is 4.57 Å². The largest absolute Gasteiger partial charge is 0.394 e. The first kappa shape index (κ1) is 16.6. The minimum Gasteiger partial charge on any atom is -0.394 e. The minimum absolute atomic E-state index is 0.212. The number of ether oxygens (including phenoxy) is 1. The van der Waals surface area contributed by atoms with Gasteiger partial charge in [-0.15, -0.1) is 0 Å². The summed E-state index contributed by atoms with van der Waals surface area (Å²) in [4.78, 5) is 12.7. The van der Waals surface area contributed by atoms with Crippen LogP contribution in [-0.2, 0) is 4.74 Å². The molecule has 2 aromatic rings. The number of hydrogen-bond donors (Lipinski definition) is 5. The minimum atomic E-state index is -1.24. The molecule has 1 saturated heterocycles. The van der Waals surface area contributed by atoms with Crippen molar-refractivity contribution in [1.29, 1.82) is 0 Å². The summed E-state index contributed by atoms with van der Waals surface area (Å²) in [5.74, 6) is 0.601. The first-order valence-electron chi connectivity index (χ1n) is 7.05. The smallest absolute Gasteiger partial charge is 0.207 e. The van der Waals surface area contributed by atoms with Gasteiger partial charge in [0.1, 0.15) is 18.3 Å². The molecule has 3 rings (SSSR count). The zero-order chi connectivity index (χ0) is 16.7. The van der Waals surface area contributed by atoms with Crippen LogP contribution in [0.2, 0.25) is 0 Å². The van der Waals surface area contributed by atoms with E-state index >= 15 is 0 Å². The lowest BCUT2D eigenvalue weighted by atomic mass is 10.1. The Kier molecular flexibility index (Phi) is 4.55. The van der Waals surface area contributed by atoms with Crippen LogP contribution in [-0.4, -0.2) is 66.3 Å². The van der Waals surface area contributed by atoms with Gasteiger partial charge in [0.15, 0.2) is 27.0 Å². The van der Waals surface area contributed by atoms with Gasteiger partial charge in [0, 0.05) is 29.1 Å². The Bertz CT molecular complexity index is 725. The molecule has 1 aliphatic heterocycles. The lowest BCUT2D eigenvalue weighted by Crippen LogP contribution is -2.33. The van der Waals surface area contributed by atoms with Gasteiger partial charge in [-0.1, -0.05) is 0 Å². The summed E-state index contributed by atoms with van der Waals surface area (Å²) in [6, 6.07) is 0. The number of nitrogens with two attached hydrogens (primary N) is 1. The van der Waals surface area contributed by atoms with Gasteiger partial charge in [-0.3, -0.25) is 4.57 Å². The van der Waals surface area contributed by atoms with E-state index in [9.17, 15) is 15.3 Å². The second-order valence-electron chi connectivity index (χ2n) is 5.11. The Morgan fingerprint density at radius 3 is 2.65 bits per heavy atom. The molecule has 126 valence electrons. The molecule has 0 amide bonds. The third kappa shape index (κ3) is 2.71. The molecule has 0 aromatic carbocycles. The van der Waals surface area contributed by atoms with Crippen molar-refractivity contribution in [2.45, 2.75) is 31.5 Å². The molecule has 11 heteroatoms. The van der Waals surface area contributed by atoms with Crippen LogP contribution < -0.4 is 11.1 Å². The number of nitrogens with one attached hydrogen (secondary N) is 1. The topological polar surface area (TPSA) is 152 Å². The number of rotatable bonds is 4.